The summed E-state index contributed by atoms with van der Waals surface area (Å²) in [7, 11) is 0. The molecule has 3 heterocycles. The number of pyridine rings is 1. The molecular weight excluding hydrogens is 334 g/mol. The third kappa shape index (κ3) is 3.59. The Balaban J connectivity index is 1.60. The minimum atomic E-state index is -0.665. The Labute approximate surface area is 144 Å². The van der Waals surface area contributed by atoms with Crippen molar-refractivity contribution in [3.05, 3.63) is 23.4 Å². The molecule has 2 fully saturated rings. The summed E-state index contributed by atoms with van der Waals surface area (Å²) in [6.07, 6.45) is 2.14. The molecule has 0 unspecified atom stereocenters. The number of hydrogen-bond donors (Lipinski definition) is 2. The Kier molecular flexibility index (Phi) is 4.84. The molecule has 8 nitrogen and oxygen atoms in total. The molecule has 2 N–H and O–H groups in total. The summed E-state index contributed by atoms with van der Waals surface area (Å²) in [5.41, 5.74) is 0. The van der Waals surface area contributed by atoms with Gasteiger partial charge in [0.2, 0.25) is 11.8 Å². The molecule has 1 aromatic heterocycles. The molecule has 0 aliphatic carbocycles. The summed E-state index contributed by atoms with van der Waals surface area (Å²) in [6, 6.07) is 2.28. The Morgan fingerprint density at radius 1 is 1.25 bits per heavy atom. The van der Waals surface area contributed by atoms with Crippen molar-refractivity contribution in [3.8, 4) is 0 Å². The highest BCUT2D eigenvalue weighted by Crippen LogP contribution is 2.23. The molecular formula is C15H18ClN5O3. The van der Waals surface area contributed by atoms with Crippen LogP contribution in [0.25, 0.3) is 0 Å². The fourth-order valence-corrected chi connectivity index (χ4v) is 3.13. The van der Waals surface area contributed by atoms with Gasteiger partial charge in [-0.2, -0.15) is 0 Å². The van der Waals surface area contributed by atoms with Crippen LogP contribution < -0.4 is 15.5 Å². The van der Waals surface area contributed by atoms with E-state index in [1.165, 1.54) is 0 Å². The number of nitrogens with zero attached hydrogens (tertiary/aromatic N) is 3. The lowest BCUT2D eigenvalue weighted by atomic mass is 10.1. The maximum Gasteiger partial charge on any atom is 0.322 e. The molecule has 2 saturated heterocycles. The number of halogens is 1. The molecule has 2 aliphatic rings. The van der Waals surface area contributed by atoms with E-state index in [0.29, 0.717) is 43.4 Å². The molecule has 2 aliphatic heterocycles. The van der Waals surface area contributed by atoms with Crippen molar-refractivity contribution in [2.45, 2.75) is 18.9 Å². The van der Waals surface area contributed by atoms with Gasteiger partial charge in [-0.05, 0) is 18.6 Å². The van der Waals surface area contributed by atoms with Gasteiger partial charge >= 0.3 is 6.03 Å². The first-order valence-corrected chi connectivity index (χ1v) is 8.17. The fraction of sp³-hybridized carbons (Fsp3) is 0.467. The molecule has 0 spiro atoms. The van der Waals surface area contributed by atoms with E-state index in [2.05, 4.69) is 15.6 Å². The van der Waals surface area contributed by atoms with E-state index in [9.17, 15) is 14.4 Å². The minimum Gasteiger partial charge on any atom is -0.352 e. The predicted molar refractivity (Wildman–Crippen MR) is 87.7 cm³/mol. The van der Waals surface area contributed by atoms with Gasteiger partial charge in [-0.15, -0.1) is 0 Å². The number of imide groups is 1. The minimum absolute atomic E-state index is 0.151. The van der Waals surface area contributed by atoms with Crippen LogP contribution in [0.5, 0.6) is 0 Å². The van der Waals surface area contributed by atoms with E-state index < -0.39 is 12.1 Å². The first kappa shape index (κ1) is 16.5. The largest absolute Gasteiger partial charge is 0.352 e. The number of hydrogen-bond acceptors (Lipinski definition) is 5. The molecule has 3 rings (SSSR count). The van der Waals surface area contributed by atoms with E-state index in [-0.39, 0.29) is 18.2 Å². The first-order valence-electron chi connectivity index (χ1n) is 7.79. The van der Waals surface area contributed by atoms with E-state index in [4.69, 9.17) is 11.6 Å². The second-order valence-corrected chi connectivity index (χ2v) is 6.14. The van der Waals surface area contributed by atoms with Gasteiger partial charge in [0.1, 0.15) is 11.9 Å². The number of piperazine rings is 1. The molecule has 128 valence electrons. The third-order valence-electron chi connectivity index (χ3n) is 4.15. The van der Waals surface area contributed by atoms with Crippen LogP contribution in [0.4, 0.5) is 10.6 Å². The number of aromatic nitrogens is 1. The Hall–Kier alpha value is -2.35. The van der Waals surface area contributed by atoms with Crippen LogP contribution in [0.2, 0.25) is 5.02 Å². The summed E-state index contributed by atoms with van der Waals surface area (Å²) < 4.78 is 0. The smallest absolute Gasteiger partial charge is 0.322 e. The SMILES string of the molecule is O=C1CC[C@@H](C(=O)N2CCN(c3ncccc3Cl)CC2)NC(=O)N1. The average molecular weight is 352 g/mol. The van der Waals surface area contributed by atoms with Gasteiger partial charge in [0, 0.05) is 38.8 Å². The second-order valence-electron chi connectivity index (χ2n) is 5.73. The molecule has 0 bridgehead atoms. The number of urea groups is 1. The highest BCUT2D eigenvalue weighted by Gasteiger charge is 2.31. The lowest BCUT2D eigenvalue weighted by molar-refractivity contribution is -0.133. The zero-order valence-electron chi connectivity index (χ0n) is 13.0. The molecule has 1 atom stereocenters. The maximum absolute atomic E-state index is 12.6. The van der Waals surface area contributed by atoms with Gasteiger partial charge in [-0.1, -0.05) is 11.6 Å². The molecule has 0 saturated carbocycles. The lowest BCUT2D eigenvalue weighted by Gasteiger charge is -2.37. The van der Waals surface area contributed by atoms with E-state index in [1.54, 1.807) is 23.2 Å². The van der Waals surface area contributed by atoms with Gasteiger partial charge in [-0.3, -0.25) is 14.9 Å². The van der Waals surface area contributed by atoms with E-state index in [1.807, 2.05) is 4.90 Å². The van der Waals surface area contributed by atoms with E-state index >= 15 is 0 Å². The van der Waals surface area contributed by atoms with Crippen molar-refractivity contribution < 1.29 is 14.4 Å². The number of amides is 4. The van der Waals surface area contributed by atoms with Crippen molar-refractivity contribution in [1.29, 1.82) is 0 Å². The summed E-state index contributed by atoms with van der Waals surface area (Å²) in [5.74, 6) is 0.188. The lowest BCUT2D eigenvalue weighted by Crippen LogP contribution is -2.55. The number of anilines is 1. The van der Waals surface area contributed by atoms with Crippen molar-refractivity contribution in [1.82, 2.24) is 20.5 Å². The van der Waals surface area contributed by atoms with Gasteiger partial charge < -0.3 is 15.1 Å². The van der Waals surface area contributed by atoms with Crippen molar-refractivity contribution >= 4 is 35.3 Å². The van der Waals surface area contributed by atoms with Gasteiger partial charge in [0.25, 0.3) is 0 Å². The van der Waals surface area contributed by atoms with E-state index in [0.717, 1.165) is 0 Å². The molecule has 0 radical (unpaired) electrons. The number of carbonyl (C=O) groups excluding carboxylic acids is 3. The standard InChI is InChI=1S/C15H18ClN5O3/c16-10-2-1-5-17-13(10)20-6-8-21(9-7-20)14(23)11-3-4-12(22)19-15(24)18-11/h1-2,5,11H,3-4,6-9H2,(H2,18,19,22,24)/t11-/m0/s1. The Morgan fingerprint density at radius 2 is 2.00 bits per heavy atom. The number of rotatable bonds is 2. The molecule has 24 heavy (non-hydrogen) atoms. The van der Waals surface area contributed by atoms with Crippen LogP contribution in [0.1, 0.15) is 12.8 Å². The average Bonchev–Trinajstić information content (AvgIpc) is 2.75. The monoisotopic (exact) mass is 351 g/mol. The zero-order chi connectivity index (χ0) is 17.1. The third-order valence-corrected chi connectivity index (χ3v) is 4.44. The quantitative estimate of drug-likeness (QED) is 0.803. The predicted octanol–water partition coefficient (Wildman–Crippen LogP) is 0.372. The summed E-state index contributed by atoms with van der Waals surface area (Å²) >= 11 is 6.16. The van der Waals surface area contributed by atoms with Crippen molar-refractivity contribution in [3.63, 3.8) is 0 Å². The van der Waals surface area contributed by atoms with Crippen LogP contribution in [0.15, 0.2) is 18.3 Å². The summed E-state index contributed by atoms with van der Waals surface area (Å²) in [5, 5.41) is 5.30. The van der Waals surface area contributed by atoms with Gasteiger partial charge in [0.05, 0.1) is 5.02 Å². The van der Waals surface area contributed by atoms with Crippen molar-refractivity contribution in [2.75, 3.05) is 31.1 Å². The molecule has 1 aromatic rings. The normalized spacial score (nSPS) is 21.8. The highest BCUT2D eigenvalue weighted by atomic mass is 35.5. The fourth-order valence-electron chi connectivity index (χ4n) is 2.89. The Morgan fingerprint density at radius 3 is 2.71 bits per heavy atom. The molecule has 4 amide bonds. The number of nitrogens with one attached hydrogen (secondary N) is 2. The topological polar surface area (TPSA) is 94.6 Å². The van der Waals surface area contributed by atoms with Crippen LogP contribution in [0, 0.1) is 0 Å². The number of carbonyl (C=O) groups is 3. The van der Waals surface area contributed by atoms with Crippen molar-refractivity contribution in [2.24, 2.45) is 0 Å². The molecule has 9 heteroatoms. The van der Waals surface area contributed by atoms with Gasteiger partial charge in [-0.25, -0.2) is 9.78 Å². The maximum atomic E-state index is 12.6. The highest BCUT2D eigenvalue weighted by molar-refractivity contribution is 6.32. The van der Waals surface area contributed by atoms with Crippen LogP contribution in [0.3, 0.4) is 0 Å². The van der Waals surface area contributed by atoms with Crippen LogP contribution in [-0.2, 0) is 9.59 Å². The zero-order valence-corrected chi connectivity index (χ0v) is 13.8. The summed E-state index contributed by atoms with van der Waals surface area (Å²) in [4.78, 5) is 43.5. The first-order chi connectivity index (χ1) is 11.5. The van der Waals surface area contributed by atoms with Crippen LogP contribution >= 0.6 is 11.6 Å². The summed E-state index contributed by atoms with van der Waals surface area (Å²) in [6.45, 7) is 2.25. The molecule has 0 aromatic carbocycles. The van der Waals surface area contributed by atoms with Crippen LogP contribution in [-0.4, -0.2) is 60.0 Å². The van der Waals surface area contributed by atoms with Gasteiger partial charge in [0.15, 0.2) is 0 Å². The Bertz CT molecular complexity index is 660. The second kappa shape index (κ2) is 7.04.